The number of nitrogens with zero attached hydrogens (tertiary/aromatic N) is 2. The molecule has 1 atom stereocenters. The molecule has 0 spiro atoms. The van der Waals surface area contributed by atoms with E-state index in [1.807, 2.05) is 68.4 Å². The summed E-state index contributed by atoms with van der Waals surface area (Å²) >= 11 is 3.43. The van der Waals surface area contributed by atoms with Crippen LogP contribution in [-0.2, 0) is 4.79 Å². The monoisotopic (exact) mass is 574 g/mol. The number of aliphatic hydroxyl groups is 1. The van der Waals surface area contributed by atoms with Gasteiger partial charge in [0.05, 0.1) is 18.2 Å². The van der Waals surface area contributed by atoms with Crippen LogP contribution < -0.4 is 14.5 Å². The molecule has 0 aliphatic carbocycles. The molecule has 3 aromatic carbocycles. The minimum Gasteiger partial charge on any atom is -0.503 e. The molecule has 1 N–H and O–H groups in total. The van der Waals surface area contributed by atoms with E-state index in [9.17, 15) is 14.7 Å². The molecule has 0 saturated carbocycles. The Kier molecular flexibility index (Phi) is 6.99. The first kappa shape index (κ1) is 25.6. The first-order valence-corrected chi connectivity index (χ1v) is 13.1. The number of carbonyl (C=O) groups excluding carboxylic acids is 2. The van der Waals surface area contributed by atoms with Crippen molar-refractivity contribution in [1.82, 2.24) is 0 Å². The van der Waals surface area contributed by atoms with E-state index in [0.29, 0.717) is 29.2 Å². The zero-order valence-corrected chi connectivity index (χ0v) is 22.9. The summed E-state index contributed by atoms with van der Waals surface area (Å²) in [6.45, 7) is 2.54. The smallest absolute Gasteiger partial charge is 0.294 e. The summed E-state index contributed by atoms with van der Waals surface area (Å²) in [5, 5.41) is 11.8. The van der Waals surface area contributed by atoms with E-state index in [2.05, 4.69) is 15.9 Å². The Bertz CT molecular complexity index is 1550. The van der Waals surface area contributed by atoms with Crippen molar-refractivity contribution in [1.29, 1.82) is 0 Å². The Morgan fingerprint density at radius 2 is 1.84 bits per heavy atom. The molecule has 7 nitrogen and oxygen atoms in total. The fourth-order valence-corrected chi connectivity index (χ4v) is 4.95. The maximum atomic E-state index is 13.9. The van der Waals surface area contributed by atoms with Gasteiger partial charge in [-0.15, -0.1) is 0 Å². The molecule has 194 valence electrons. The van der Waals surface area contributed by atoms with Crippen molar-refractivity contribution in [2.75, 3.05) is 30.5 Å². The van der Waals surface area contributed by atoms with Gasteiger partial charge in [-0.3, -0.25) is 14.5 Å². The largest absolute Gasteiger partial charge is 0.503 e. The quantitative estimate of drug-likeness (QED) is 0.232. The molecule has 0 saturated heterocycles. The fraction of sp³-hybridized carbons (Fsp3) is 0.200. The van der Waals surface area contributed by atoms with Gasteiger partial charge in [0, 0.05) is 41.4 Å². The lowest BCUT2D eigenvalue weighted by Gasteiger charge is -2.27. The van der Waals surface area contributed by atoms with Crippen molar-refractivity contribution in [3.05, 3.63) is 99.9 Å². The normalized spacial score (nSPS) is 15.4. The third-order valence-corrected chi connectivity index (χ3v) is 6.94. The van der Waals surface area contributed by atoms with Crippen molar-refractivity contribution in [3.8, 4) is 5.75 Å². The number of amides is 1. The number of ether oxygens (including phenoxy) is 1. The molecule has 2 heterocycles. The first-order valence-electron chi connectivity index (χ1n) is 12.3. The third kappa shape index (κ3) is 4.67. The Hall–Kier alpha value is -4.04. The van der Waals surface area contributed by atoms with Gasteiger partial charge >= 0.3 is 0 Å². The molecule has 1 aliphatic heterocycles. The number of carbonyl (C=O) groups is 2. The second kappa shape index (κ2) is 10.4. The Morgan fingerprint density at radius 1 is 1.08 bits per heavy atom. The van der Waals surface area contributed by atoms with Crippen LogP contribution in [0.1, 0.15) is 35.5 Å². The van der Waals surface area contributed by atoms with Crippen LogP contribution in [0.4, 0.5) is 11.4 Å². The summed E-state index contributed by atoms with van der Waals surface area (Å²) in [7, 11) is 3.87. The topological polar surface area (TPSA) is 83.2 Å². The number of hydrogen-bond acceptors (Lipinski definition) is 6. The number of hydrogen-bond donors (Lipinski definition) is 1. The van der Waals surface area contributed by atoms with Crippen LogP contribution in [0.5, 0.6) is 5.75 Å². The highest BCUT2D eigenvalue weighted by Crippen LogP contribution is 2.43. The van der Waals surface area contributed by atoms with E-state index in [-0.39, 0.29) is 11.3 Å². The summed E-state index contributed by atoms with van der Waals surface area (Å²) in [5.74, 6) is -1.17. The van der Waals surface area contributed by atoms with Gasteiger partial charge in [0.25, 0.3) is 5.91 Å². The van der Waals surface area contributed by atoms with Crippen molar-refractivity contribution < 1.29 is 23.8 Å². The number of ketones is 1. The zero-order valence-electron chi connectivity index (χ0n) is 21.3. The SMILES string of the molecule is CCCOc1cccc(N2C(=O)C(O)=C(C(=O)c3cc4cc(Br)ccc4o3)C2c2ccc(N(C)C)cc2)c1. The molecule has 38 heavy (non-hydrogen) atoms. The van der Waals surface area contributed by atoms with Gasteiger partial charge in [0.1, 0.15) is 11.3 Å². The summed E-state index contributed by atoms with van der Waals surface area (Å²) in [6, 6.07) is 20.8. The molecule has 0 bridgehead atoms. The van der Waals surface area contributed by atoms with Gasteiger partial charge < -0.3 is 19.2 Å². The molecule has 1 unspecified atom stereocenters. The van der Waals surface area contributed by atoms with E-state index in [1.165, 1.54) is 4.90 Å². The highest BCUT2D eigenvalue weighted by Gasteiger charge is 2.45. The van der Waals surface area contributed by atoms with Crippen LogP contribution >= 0.6 is 15.9 Å². The summed E-state index contributed by atoms with van der Waals surface area (Å²) in [4.78, 5) is 30.8. The van der Waals surface area contributed by atoms with Gasteiger partial charge in [0.2, 0.25) is 5.78 Å². The predicted molar refractivity (Wildman–Crippen MR) is 151 cm³/mol. The Labute approximate surface area is 229 Å². The van der Waals surface area contributed by atoms with Crippen LogP contribution in [0.15, 0.2) is 93.0 Å². The van der Waals surface area contributed by atoms with Crippen LogP contribution in [0.3, 0.4) is 0 Å². The molecule has 5 rings (SSSR count). The van der Waals surface area contributed by atoms with Crippen molar-refractivity contribution in [2.45, 2.75) is 19.4 Å². The van der Waals surface area contributed by atoms with Crippen molar-refractivity contribution in [2.24, 2.45) is 0 Å². The van der Waals surface area contributed by atoms with Gasteiger partial charge in [0.15, 0.2) is 11.5 Å². The molecule has 1 aliphatic rings. The molecule has 0 fully saturated rings. The molecular weight excluding hydrogens is 548 g/mol. The average Bonchev–Trinajstić information content (AvgIpc) is 3.45. The number of rotatable bonds is 8. The summed E-state index contributed by atoms with van der Waals surface area (Å²) in [5.41, 5.74) is 2.64. The van der Waals surface area contributed by atoms with Crippen molar-refractivity contribution in [3.63, 3.8) is 0 Å². The van der Waals surface area contributed by atoms with Gasteiger partial charge in [-0.2, -0.15) is 0 Å². The van der Waals surface area contributed by atoms with E-state index in [1.54, 1.807) is 30.3 Å². The minimum absolute atomic E-state index is 0.0365. The number of fused-ring (bicyclic) bond motifs is 1. The van der Waals surface area contributed by atoms with E-state index >= 15 is 0 Å². The zero-order chi connectivity index (χ0) is 27.0. The second-order valence-electron chi connectivity index (χ2n) is 9.29. The van der Waals surface area contributed by atoms with Crippen LogP contribution in [-0.4, -0.2) is 37.5 Å². The van der Waals surface area contributed by atoms with E-state index < -0.39 is 23.5 Å². The number of aliphatic hydroxyl groups excluding tert-OH is 1. The standard InChI is InChI=1S/C30H27BrN2O5/c1-4-14-37-23-7-5-6-22(17-23)33-27(18-8-11-21(12-9-18)32(2)3)26(29(35)30(33)36)28(34)25-16-19-15-20(31)10-13-24(19)38-25/h5-13,15-17,27,35H,4,14H2,1-3H3. The maximum absolute atomic E-state index is 13.9. The fourth-order valence-electron chi connectivity index (χ4n) is 4.58. The van der Waals surface area contributed by atoms with Crippen LogP contribution in [0.2, 0.25) is 0 Å². The Balaban J connectivity index is 1.62. The molecule has 4 aromatic rings. The second-order valence-corrected chi connectivity index (χ2v) is 10.2. The number of benzene rings is 3. The summed E-state index contributed by atoms with van der Waals surface area (Å²) in [6.07, 6.45) is 0.836. The van der Waals surface area contributed by atoms with Crippen LogP contribution in [0, 0.1) is 0 Å². The summed E-state index contributed by atoms with van der Waals surface area (Å²) < 4.78 is 12.5. The minimum atomic E-state index is -0.868. The lowest BCUT2D eigenvalue weighted by atomic mass is 9.94. The highest BCUT2D eigenvalue weighted by atomic mass is 79.9. The number of anilines is 2. The molecule has 8 heteroatoms. The van der Waals surface area contributed by atoms with Crippen LogP contribution in [0.25, 0.3) is 11.0 Å². The Morgan fingerprint density at radius 3 is 2.55 bits per heavy atom. The number of Topliss-reactive ketones (excluding diaryl/α,β-unsaturated/α-hetero) is 1. The lowest BCUT2D eigenvalue weighted by molar-refractivity contribution is -0.117. The van der Waals surface area contributed by atoms with Gasteiger partial charge in [-0.05, 0) is 60.5 Å². The van der Waals surface area contributed by atoms with Crippen molar-refractivity contribution >= 4 is 50.0 Å². The molecule has 1 amide bonds. The predicted octanol–water partition coefficient (Wildman–Crippen LogP) is 6.83. The van der Waals surface area contributed by atoms with Gasteiger partial charge in [-0.25, -0.2) is 0 Å². The molecular formula is C30H27BrN2O5. The number of furan rings is 1. The number of halogens is 1. The average molecular weight is 575 g/mol. The van der Waals surface area contributed by atoms with E-state index in [0.717, 1.165) is 22.0 Å². The van der Waals surface area contributed by atoms with Gasteiger partial charge in [-0.1, -0.05) is 41.1 Å². The maximum Gasteiger partial charge on any atom is 0.294 e. The first-order chi connectivity index (χ1) is 18.3. The van der Waals surface area contributed by atoms with E-state index in [4.69, 9.17) is 9.15 Å². The molecule has 0 radical (unpaired) electrons. The lowest BCUT2D eigenvalue weighted by Crippen LogP contribution is -2.31. The third-order valence-electron chi connectivity index (χ3n) is 6.45. The molecule has 1 aromatic heterocycles. The highest BCUT2D eigenvalue weighted by molar-refractivity contribution is 9.10.